The summed E-state index contributed by atoms with van der Waals surface area (Å²) in [4.78, 5) is 14.2. The van der Waals surface area contributed by atoms with Gasteiger partial charge in [-0.3, -0.25) is 9.69 Å². The topological polar surface area (TPSA) is 32.3 Å². The van der Waals surface area contributed by atoms with E-state index in [4.69, 9.17) is 0 Å². The number of benzene rings is 1. The van der Waals surface area contributed by atoms with Crippen LogP contribution in [0.3, 0.4) is 0 Å². The minimum absolute atomic E-state index is 0.111. The van der Waals surface area contributed by atoms with Crippen LogP contribution in [0.2, 0.25) is 0 Å². The molecule has 0 aliphatic heterocycles. The Bertz CT molecular complexity index is 593. The van der Waals surface area contributed by atoms with Crippen LogP contribution in [0.5, 0.6) is 0 Å². The summed E-state index contributed by atoms with van der Waals surface area (Å²) in [6.07, 6.45) is 2.14. The molecule has 0 fully saturated rings. The van der Waals surface area contributed by atoms with E-state index >= 15 is 0 Å². The number of carbonyl (C=O) groups excluding carboxylic acids is 1. The average Bonchev–Trinajstić information content (AvgIpc) is 2.90. The Hall–Kier alpha value is -1.39. The van der Waals surface area contributed by atoms with E-state index < -0.39 is 0 Å². The van der Waals surface area contributed by atoms with Crippen LogP contribution in [0.4, 0.5) is 0 Å². The normalized spacial score (nSPS) is 12.8. The second-order valence-electron chi connectivity index (χ2n) is 5.49. The Morgan fingerprint density at radius 1 is 1.38 bits per heavy atom. The van der Waals surface area contributed by atoms with Gasteiger partial charge in [0.05, 0.1) is 6.04 Å². The quantitative estimate of drug-likeness (QED) is 0.792. The highest BCUT2D eigenvalue weighted by atomic mass is 32.1. The molecule has 1 amide bonds. The molecule has 1 aromatic carbocycles. The molecular formula is C17H24N2OS. The molecule has 0 saturated carbocycles. The molecule has 0 bridgehead atoms. The van der Waals surface area contributed by atoms with E-state index in [-0.39, 0.29) is 11.9 Å². The molecule has 21 heavy (non-hydrogen) atoms. The Morgan fingerprint density at radius 2 is 2.14 bits per heavy atom. The highest BCUT2D eigenvalue weighted by Gasteiger charge is 2.18. The minimum atomic E-state index is -0.111. The summed E-state index contributed by atoms with van der Waals surface area (Å²) in [7, 11) is 2.01. The van der Waals surface area contributed by atoms with Crippen LogP contribution < -0.4 is 5.32 Å². The standard InChI is InChI=1S/C17H24N2OS/c1-4-5-10-18-17(20)13(2)19(3)11-14-12-21-16-9-7-6-8-15(14)16/h6-9,12-13H,4-5,10-11H2,1-3H3,(H,18,20). The lowest BCUT2D eigenvalue weighted by atomic mass is 10.1. The van der Waals surface area contributed by atoms with Gasteiger partial charge in [0.25, 0.3) is 0 Å². The molecule has 2 aromatic rings. The lowest BCUT2D eigenvalue weighted by molar-refractivity contribution is -0.125. The summed E-state index contributed by atoms with van der Waals surface area (Å²) in [5.74, 6) is 0.116. The maximum atomic E-state index is 12.1. The van der Waals surface area contributed by atoms with Gasteiger partial charge < -0.3 is 5.32 Å². The van der Waals surface area contributed by atoms with E-state index in [1.165, 1.54) is 15.6 Å². The van der Waals surface area contributed by atoms with Crippen molar-refractivity contribution in [1.82, 2.24) is 10.2 Å². The Kier molecular flexibility index (Phi) is 5.76. The van der Waals surface area contributed by atoms with Gasteiger partial charge in [-0.05, 0) is 42.8 Å². The molecule has 3 nitrogen and oxygen atoms in total. The molecule has 0 aliphatic carbocycles. The smallest absolute Gasteiger partial charge is 0.237 e. The molecule has 1 unspecified atom stereocenters. The zero-order valence-electron chi connectivity index (χ0n) is 13.1. The van der Waals surface area contributed by atoms with Crippen LogP contribution in [0.15, 0.2) is 29.6 Å². The van der Waals surface area contributed by atoms with E-state index in [0.717, 1.165) is 25.9 Å². The lowest BCUT2D eigenvalue weighted by Gasteiger charge is -2.23. The average molecular weight is 304 g/mol. The van der Waals surface area contributed by atoms with Crippen LogP contribution in [0.1, 0.15) is 32.3 Å². The Balaban J connectivity index is 1.97. The Morgan fingerprint density at radius 3 is 2.90 bits per heavy atom. The first-order valence-corrected chi connectivity index (χ1v) is 8.44. The summed E-state index contributed by atoms with van der Waals surface area (Å²) in [5, 5.41) is 6.50. The third-order valence-electron chi connectivity index (χ3n) is 3.85. The number of unbranched alkanes of at least 4 members (excludes halogenated alkanes) is 1. The number of nitrogens with one attached hydrogen (secondary N) is 1. The molecule has 0 saturated heterocycles. The molecule has 0 radical (unpaired) electrons. The SMILES string of the molecule is CCCCNC(=O)C(C)N(C)Cc1csc2ccccc12. The van der Waals surface area contributed by atoms with Crippen molar-refractivity contribution in [2.75, 3.05) is 13.6 Å². The van der Waals surface area contributed by atoms with Gasteiger partial charge in [0.15, 0.2) is 0 Å². The summed E-state index contributed by atoms with van der Waals surface area (Å²) in [6, 6.07) is 8.32. The van der Waals surface area contributed by atoms with E-state index in [9.17, 15) is 4.79 Å². The molecular weight excluding hydrogens is 280 g/mol. The van der Waals surface area contributed by atoms with Crippen molar-refractivity contribution in [3.63, 3.8) is 0 Å². The fraction of sp³-hybridized carbons (Fsp3) is 0.471. The van der Waals surface area contributed by atoms with E-state index in [0.29, 0.717) is 0 Å². The maximum absolute atomic E-state index is 12.1. The molecule has 0 spiro atoms. The largest absolute Gasteiger partial charge is 0.355 e. The second-order valence-corrected chi connectivity index (χ2v) is 6.40. The van der Waals surface area contributed by atoms with E-state index in [2.05, 4.69) is 46.8 Å². The van der Waals surface area contributed by atoms with Gasteiger partial charge in [0.1, 0.15) is 0 Å². The predicted octanol–water partition coefficient (Wildman–Crippen LogP) is 3.64. The van der Waals surface area contributed by atoms with E-state index in [1.54, 1.807) is 11.3 Å². The molecule has 0 aliphatic rings. The van der Waals surface area contributed by atoms with Crippen molar-refractivity contribution in [1.29, 1.82) is 0 Å². The first-order valence-electron chi connectivity index (χ1n) is 7.56. The summed E-state index contributed by atoms with van der Waals surface area (Å²) < 4.78 is 1.31. The number of rotatable bonds is 7. The van der Waals surface area contributed by atoms with Crippen LogP contribution >= 0.6 is 11.3 Å². The minimum Gasteiger partial charge on any atom is -0.355 e. The van der Waals surface area contributed by atoms with E-state index in [1.807, 2.05) is 14.0 Å². The van der Waals surface area contributed by atoms with Gasteiger partial charge in [-0.15, -0.1) is 11.3 Å². The first-order chi connectivity index (χ1) is 10.1. The predicted molar refractivity (Wildman–Crippen MR) is 90.7 cm³/mol. The fourth-order valence-corrected chi connectivity index (χ4v) is 3.25. The van der Waals surface area contributed by atoms with Crippen molar-refractivity contribution < 1.29 is 4.79 Å². The second kappa shape index (κ2) is 7.57. The van der Waals surface area contributed by atoms with Gasteiger partial charge >= 0.3 is 0 Å². The van der Waals surface area contributed by atoms with Gasteiger partial charge in [-0.2, -0.15) is 0 Å². The number of carbonyl (C=O) groups is 1. The Labute approximate surface area is 131 Å². The van der Waals surface area contributed by atoms with Crippen molar-refractivity contribution >= 4 is 27.3 Å². The van der Waals surface area contributed by atoms with Crippen molar-refractivity contribution in [2.45, 2.75) is 39.3 Å². The van der Waals surface area contributed by atoms with Crippen LogP contribution in [0.25, 0.3) is 10.1 Å². The summed E-state index contributed by atoms with van der Waals surface area (Å²) >= 11 is 1.77. The van der Waals surface area contributed by atoms with Crippen LogP contribution in [-0.2, 0) is 11.3 Å². The first kappa shape index (κ1) is 16.0. The fourth-order valence-electron chi connectivity index (χ4n) is 2.30. The molecule has 1 atom stereocenters. The van der Waals surface area contributed by atoms with Gasteiger partial charge in [0, 0.05) is 17.8 Å². The number of fused-ring (bicyclic) bond motifs is 1. The highest BCUT2D eigenvalue weighted by molar-refractivity contribution is 7.17. The number of nitrogens with zero attached hydrogens (tertiary/aromatic N) is 1. The monoisotopic (exact) mass is 304 g/mol. The molecule has 4 heteroatoms. The summed E-state index contributed by atoms with van der Waals surface area (Å²) in [6.45, 7) is 5.67. The number of likely N-dealkylation sites (N-methyl/N-ethyl adjacent to an activating group) is 1. The van der Waals surface area contributed by atoms with Crippen molar-refractivity contribution in [2.24, 2.45) is 0 Å². The third kappa shape index (κ3) is 4.05. The number of amides is 1. The van der Waals surface area contributed by atoms with Crippen LogP contribution in [-0.4, -0.2) is 30.4 Å². The number of thiophene rings is 1. The molecule has 1 aromatic heterocycles. The third-order valence-corrected chi connectivity index (χ3v) is 4.86. The van der Waals surface area contributed by atoms with Gasteiger partial charge in [-0.1, -0.05) is 31.5 Å². The van der Waals surface area contributed by atoms with Crippen molar-refractivity contribution in [3.05, 3.63) is 35.2 Å². The highest BCUT2D eigenvalue weighted by Crippen LogP contribution is 2.26. The zero-order valence-corrected chi connectivity index (χ0v) is 13.9. The summed E-state index contributed by atoms with van der Waals surface area (Å²) in [5.41, 5.74) is 1.30. The zero-order chi connectivity index (χ0) is 15.2. The maximum Gasteiger partial charge on any atom is 0.237 e. The molecule has 1 N–H and O–H groups in total. The molecule has 1 heterocycles. The molecule has 2 rings (SSSR count). The van der Waals surface area contributed by atoms with Gasteiger partial charge in [-0.25, -0.2) is 0 Å². The molecule has 114 valence electrons. The van der Waals surface area contributed by atoms with Crippen molar-refractivity contribution in [3.8, 4) is 0 Å². The number of hydrogen-bond acceptors (Lipinski definition) is 3. The number of hydrogen-bond donors (Lipinski definition) is 1. The lowest BCUT2D eigenvalue weighted by Crippen LogP contribution is -2.43. The van der Waals surface area contributed by atoms with Gasteiger partial charge in [0.2, 0.25) is 5.91 Å². The van der Waals surface area contributed by atoms with Crippen LogP contribution in [0, 0.1) is 0 Å².